The van der Waals surface area contributed by atoms with Crippen molar-refractivity contribution < 1.29 is 19.1 Å². The molecule has 0 aromatic heterocycles. The van der Waals surface area contributed by atoms with E-state index in [1.54, 1.807) is 30.3 Å². The van der Waals surface area contributed by atoms with E-state index in [0.29, 0.717) is 30.1 Å². The van der Waals surface area contributed by atoms with Crippen LogP contribution >= 0.6 is 28.1 Å². The average Bonchev–Trinajstić information content (AvgIpc) is 2.83. The SMILES string of the molecule is Cc1cc(Br)ccc1OCC(=O)NNC(=S)NC(=O)c1ccccc1OCCc1ccccc1. The van der Waals surface area contributed by atoms with Crippen molar-refractivity contribution in [3.05, 3.63) is 94.0 Å². The quantitative estimate of drug-likeness (QED) is 0.294. The lowest BCUT2D eigenvalue weighted by atomic mass is 10.1. The molecule has 0 unspecified atom stereocenters. The minimum Gasteiger partial charge on any atom is -0.492 e. The Hall–Kier alpha value is -3.43. The zero-order chi connectivity index (χ0) is 24.3. The number of nitrogens with one attached hydrogen (secondary N) is 3. The summed E-state index contributed by atoms with van der Waals surface area (Å²) in [7, 11) is 0. The average molecular weight is 542 g/mol. The van der Waals surface area contributed by atoms with Gasteiger partial charge < -0.3 is 9.47 Å². The van der Waals surface area contributed by atoms with Crippen LogP contribution in [0.2, 0.25) is 0 Å². The van der Waals surface area contributed by atoms with Gasteiger partial charge in [0.05, 0.1) is 12.2 Å². The zero-order valence-corrected chi connectivity index (χ0v) is 20.9. The van der Waals surface area contributed by atoms with E-state index in [-0.39, 0.29) is 11.7 Å². The number of thiocarbonyl (C=S) groups is 1. The summed E-state index contributed by atoms with van der Waals surface area (Å²) in [5.74, 6) is 0.131. The number of carbonyl (C=O) groups is 2. The van der Waals surface area contributed by atoms with Crippen LogP contribution in [-0.4, -0.2) is 30.1 Å². The fraction of sp³-hybridized carbons (Fsp3) is 0.160. The Morgan fingerprint density at radius 3 is 2.41 bits per heavy atom. The van der Waals surface area contributed by atoms with E-state index in [9.17, 15) is 9.59 Å². The molecule has 0 saturated heterocycles. The monoisotopic (exact) mass is 541 g/mol. The van der Waals surface area contributed by atoms with Crippen LogP contribution in [0.3, 0.4) is 0 Å². The molecule has 0 bridgehead atoms. The third-order valence-corrected chi connectivity index (χ3v) is 5.36. The topological polar surface area (TPSA) is 88.7 Å². The molecule has 0 radical (unpaired) electrons. The molecule has 0 aliphatic heterocycles. The molecule has 3 aromatic rings. The molecule has 3 aromatic carbocycles. The van der Waals surface area contributed by atoms with Gasteiger partial charge in [-0.2, -0.15) is 0 Å². The molecule has 0 atom stereocenters. The van der Waals surface area contributed by atoms with Crippen molar-refractivity contribution in [1.82, 2.24) is 16.2 Å². The number of hydrogen-bond donors (Lipinski definition) is 3. The van der Waals surface area contributed by atoms with Crippen molar-refractivity contribution in [2.75, 3.05) is 13.2 Å². The van der Waals surface area contributed by atoms with Crippen LogP contribution in [-0.2, 0) is 11.2 Å². The van der Waals surface area contributed by atoms with E-state index in [0.717, 1.165) is 15.6 Å². The molecule has 7 nitrogen and oxygen atoms in total. The standard InChI is InChI=1S/C25H24BrN3O4S/c1-17-15-19(26)11-12-21(17)33-16-23(30)28-29-25(34)27-24(31)20-9-5-6-10-22(20)32-14-13-18-7-3-2-4-8-18/h2-12,15H,13-14,16H2,1H3,(H,28,30)(H2,27,29,31,34). The van der Waals surface area contributed by atoms with Gasteiger partial charge in [-0.25, -0.2) is 0 Å². The lowest BCUT2D eigenvalue weighted by Crippen LogP contribution is -2.49. The molecule has 3 N–H and O–H groups in total. The molecule has 9 heteroatoms. The molecule has 3 rings (SSSR count). The second-order valence-corrected chi connectivity index (χ2v) is 8.56. The molecule has 0 fully saturated rings. The number of hydrazine groups is 1. The van der Waals surface area contributed by atoms with Crippen molar-refractivity contribution in [1.29, 1.82) is 0 Å². The molecule has 0 heterocycles. The fourth-order valence-corrected chi connectivity index (χ4v) is 3.61. The Balaban J connectivity index is 1.44. The Morgan fingerprint density at radius 2 is 1.65 bits per heavy atom. The summed E-state index contributed by atoms with van der Waals surface area (Å²) in [4.78, 5) is 24.7. The maximum Gasteiger partial charge on any atom is 0.276 e. The normalized spacial score (nSPS) is 10.2. The first-order chi connectivity index (χ1) is 16.4. The molecule has 0 spiro atoms. The van der Waals surface area contributed by atoms with Crippen LogP contribution in [0.15, 0.2) is 77.3 Å². The van der Waals surface area contributed by atoms with Gasteiger partial charge >= 0.3 is 0 Å². The van der Waals surface area contributed by atoms with Gasteiger partial charge in [0.2, 0.25) is 0 Å². The van der Waals surface area contributed by atoms with E-state index in [4.69, 9.17) is 21.7 Å². The smallest absolute Gasteiger partial charge is 0.276 e. The van der Waals surface area contributed by atoms with E-state index in [1.807, 2.05) is 49.4 Å². The molecule has 0 saturated carbocycles. The summed E-state index contributed by atoms with van der Waals surface area (Å²) in [6, 6.07) is 22.3. The maximum atomic E-state index is 12.7. The third kappa shape index (κ3) is 7.86. The number of halogens is 1. The maximum absolute atomic E-state index is 12.7. The van der Waals surface area contributed by atoms with Crippen molar-refractivity contribution >= 4 is 45.1 Å². The lowest BCUT2D eigenvalue weighted by molar-refractivity contribution is -0.123. The highest BCUT2D eigenvalue weighted by atomic mass is 79.9. The van der Waals surface area contributed by atoms with Gasteiger partial charge in [0.1, 0.15) is 11.5 Å². The zero-order valence-electron chi connectivity index (χ0n) is 18.5. The van der Waals surface area contributed by atoms with E-state index in [1.165, 1.54) is 0 Å². The molecule has 34 heavy (non-hydrogen) atoms. The summed E-state index contributed by atoms with van der Waals surface area (Å²) < 4.78 is 12.2. The Bertz CT molecular complexity index is 1160. The molecule has 0 aliphatic carbocycles. The molecular formula is C25H24BrN3O4S. The highest BCUT2D eigenvalue weighted by Gasteiger charge is 2.14. The largest absolute Gasteiger partial charge is 0.492 e. The highest BCUT2D eigenvalue weighted by Crippen LogP contribution is 2.22. The number of ether oxygens (including phenoxy) is 2. The van der Waals surface area contributed by atoms with Gasteiger partial charge in [0, 0.05) is 10.9 Å². The van der Waals surface area contributed by atoms with Crippen molar-refractivity contribution in [2.24, 2.45) is 0 Å². The van der Waals surface area contributed by atoms with Crippen LogP contribution in [0.4, 0.5) is 0 Å². The van der Waals surface area contributed by atoms with Crippen molar-refractivity contribution in [2.45, 2.75) is 13.3 Å². The van der Waals surface area contributed by atoms with Crippen LogP contribution in [0.5, 0.6) is 11.5 Å². The van der Waals surface area contributed by atoms with Crippen molar-refractivity contribution in [3.8, 4) is 11.5 Å². The first-order valence-electron chi connectivity index (χ1n) is 10.5. The van der Waals surface area contributed by atoms with Crippen LogP contribution in [0, 0.1) is 6.92 Å². The summed E-state index contributed by atoms with van der Waals surface area (Å²) in [5, 5.41) is 2.47. The number of carbonyl (C=O) groups excluding carboxylic acids is 2. The fourth-order valence-electron chi connectivity index (χ4n) is 2.99. The predicted molar refractivity (Wildman–Crippen MR) is 138 cm³/mol. The number of aryl methyl sites for hydroxylation is 1. The summed E-state index contributed by atoms with van der Waals surface area (Å²) >= 11 is 8.49. The van der Waals surface area contributed by atoms with Gasteiger partial charge in [-0.1, -0.05) is 58.4 Å². The number of benzene rings is 3. The minimum atomic E-state index is -0.455. The van der Waals surface area contributed by atoms with Crippen molar-refractivity contribution in [3.63, 3.8) is 0 Å². The van der Waals surface area contributed by atoms with Crippen LogP contribution in [0.25, 0.3) is 0 Å². The Labute approximate surface area is 211 Å². The van der Waals surface area contributed by atoms with Gasteiger partial charge in [0.25, 0.3) is 11.8 Å². The second kappa shape index (κ2) is 12.7. The Morgan fingerprint density at radius 1 is 0.912 bits per heavy atom. The summed E-state index contributed by atoms with van der Waals surface area (Å²) in [6.07, 6.45) is 0.713. The van der Waals surface area contributed by atoms with Gasteiger partial charge in [-0.05, 0) is 60.6 Å². The minimum absolute atomic E-state index is 0.0581. The summed E-state index contributed by atoms with van der Waals surface area (Å²) in [5.41, 5.74) is 7.26. The number of rotatable bonds is 8. The van der Waals surface area contributed by atoms with E-state index in [2.05, 4.69) is 32.1 Å². The van der Waals surface area contributed by atoms with Crippen LogP contribution < -0.4 is 25.6 Å². The summed E-state index contributed by atoms with van der Waals surface area (Å²) in [6.45, 7) is 2.08. The van der Waals surface area contributed by atoms with Gasteiger partial charge in [-0.15, -0.1) is 0 Å². The lowest BCUT2D eigenvalue weighted by Gasteiger charge is -2.14. The second-order valence-electron chi connectivity index (χ2n) is 7.24. The number of para-hydroxylation sites is 1. The third-order valence-electron chi connectivity index (χ3n) is 4.66. The number of amides is 2. The molecule has 2 amide bonds. The first kappa shape index (κ1) is 25.2. The highest BCUT2D eigenvalue weighted by molar-refractivity contribution is 9.10. The van der Waals surface area contributed by atoms with Gasteiger partial charge in [0.15, 0.2) is 11.7 Å². The molecular weight excluding hydrogens is 518 g/mol. The van der Waals surface area contributed by atoms with Crippen LogP contribution in [0.1, 0.15) is 21.5 Å². The van der Waals surface area contributed by atoms with E-state index >= 15 is 0 Å². The predicted octanol–water partition coefficient (Wildman–Crippen LogP) is 4.09. The van der Waals surface area contributed by atoms with E-state index < -0.39 is 11.8 Å². The Kier molecular flexibility index (Phi) is 9.42. The van der Waals surface area contributed by atoms with Gasteiger partial charge in [-0.3, -0.25) is 25.8 Å². The first-order valence-corrected chi connectivity index (χ1v) is 11.7. The molecule has 176 valence electrons. The molecule has 0 aliphatic rings. The number of hydrogen-bond acceptors (Lipinski definition) is 5.